The Balaban J connectivity index is 1.84. The highest BCUT2D eigenvalue weighted by molar-refractivity contribution is 7.19. The summed E-state index contributed by atoms with van der Waals surface area (Å²) in [5.41, 5.74) is 1.00. The predicted molar refractivity (Wildman–Crippen MR) is 84.0 cm³/mol. The van der Waals surface area contributed by atoms with Crippen LogP contribution in [0.2, 0.25) is 0 Å². The van der Waals surface area contributed by atoms with E-state index >= 15 is 0 Å². The van der Waals surface area contributed by atoms with Crippen molar-refractivity contribution in [1.29, 1.82) is 0 Å². The molecule has 0 atom stereocenters. The summed E-state index contributed by atoms with van der Waals surface area (Å²) in [6.45, 7) is 0.855. The average Bonchev–Trinajstić information content (AvgIpc) is 3.12. The van der Waals surface area contributed by atoms with Gasteiger partial charge in [-0.2, -0.15) is 9.61 Å². The van der Waals surface area contributed by atoms with Crippen LogP contribution in [-0.4, -0.2) is 40.1 Å². The van der Waals surface area contributed by atoms with E-state index in [0.29, 0.717) is 13.0 Å². The second-order valence-electron chi connectivity index (χ2n) is 4.48. The number of aromatic nitrogens is 4. The maximum Gasteiger partial charge on any atom is 0.234 e. The van der Waals surface area contributed by atoms with E-state index in [2.05, 4.69) is 21.2 Å². The number of hydrogen-bond acceptors (Lipinski definition) is 6. The van der Waals surface area contributed by atoms with Crippen molar-refractivity contribution in [2.45, 2.75) is 6.42 Å². The quantitative estimate of drug-likeness (QED) is 0.652. The first-order valence-corrected chi connectivity index (χ1v) is 7.50. The van der Waals surface area contributed by atoms with Gasteiger partial charge in [0.15, 0.2) is 5.82 Å². The molecule has 3 aromatic rings. The second kappa shape index (κ2) is 6.56. The molecule has 112 valence electrons. The van der Waals surface area contributed by atoms with E-state index in [1.165, 1.54) is 11.3 Å². The number of fused-ring (bicyclic) bond motifs is 1. The molecule has 0 amide bonds. The molecule has 3 rings (SSSR count). The van der Waals surface area contributed by atoms with Gasteiger partial charge < -0.3 is 9.47 Å². The lowest BCUT2D eigenvalue weighted by Gasteiger charge is -2.02. The minimum Gasteiger partial charge on any atom is -0.481 e. The molecule has 0 aliphatic rings. The molecule has 1 aromatic carbocycles. The van der Waals surface area contributed by atoms with Crippen LogP contribution in [0.4, 0.5) is 0 Å². The molecule has 0 aliphatic carbocycles. The summed E-state index contributed by atoms with van der Waals surface area (Å²) < 4.78 is 12.2. The highest BCUT2D eigenvalue weighted by Crippen LogP contribution is 2.27. The first kappa shape index (κ1) is 14.5. The zero-order valence-corrected chi connectivity index (χ0v) is 12.8. The van der Waals surface area contributed by atoms with E-state index in [4.69, 9.17) is 15.9 Å². The van der Waals surface area contributed by atoms with Gasteiger partial charge >= 0.3 is 0 Å². The van der Waals surface area contributed by atoms with Gasteiger partial charge in [-0.05, 0) is 24.3 Å². The lowest BCUT2D eigenvalue weighted by atomic mass is 10.2. The third kappa shape index (κ3) is 2.93. The van der Waals surface area contributed by atoms with Gasteiger partial charge in [0, 0.05) is 19.1 Å². The molecule has 0 aliphatic heterocycles. The fourth-order valence-corrected chi connectivity index (χ4v) is 2.81. The lowest BCUT2D eigenvalue weighted by molar-refractivity contribution is 0.200. The van der Waals surface area contributed by atoms with Crippen LogP contribution in [-0.2, 0) is 11.2 Å². The van der Waals surface area contributed by atoms with Crippen LogP contribution in [0.5, 0.6) is 5.75 Å². The third-order valence-electron chi connectivity index (χ3n) is 3.01. The van der Waals surface area contributed by atoms with Crippen molar-refractivity contribution in [3.05, 3.63) is 30.1 Å². The van der Waals surface area contributed by atoms with Gasteiger partial charge in [-0.25, -0.2) is 0 Å². The van der Waals surface area contributed by atoms with Crippen LogP contribution in [0, 0.1) is 12.3 Å². The van der Waals surface area contributed by atoms with Crippen LogP contribution in [0.25, 0.3) is 15.5 Å². The Hall–Kier alpha value is -2.43. The fourth-order valence-electron chi connectivity index (χ4n) is 1.94. The van der Waals surface area contributed by atoms with Crippen molar-refractivity contribution in [3.63, 3.8) is 0 Å². The summed E-state index contributed by atoms with van der Waals surface area (Å²) >= 11 is 1.49. The number of benzene rings is 1. The fraction of sp³-hybridized carbons (Fsp3) is 0.267. The standard InChI is InChI=1S/C15H14N4O2S/c1-3-9-21-12-6-4-11(5-7-12)14-18-19-13(8-10-20-2)16-17-15(19)22-14/h1,4-7H,8-10H2,2H3. The number of nitrogens with zero attached hydrogens (tertiary/aromatic N) is 4. The van der Waals surface area contributed by atoms with Gasteiger partial charge in [-0.1, -0.05) is 17.3 Å². The molecule has 7 heteroatoms. The van der Waals surface area contributed by atoms with Crippen molar-refractivity contribution in [2.24, 2.45) is 0 Å². The summed E-state index contributed by atoms with van der Waals surface area (Å²) in [7, 11) is 1.66. The highest BCUT2D eigenvalue weighted by atomic mass is 32.1. The Bertz CT molecular complexity index is 801. The molecule has 2 aromatic heterocycles. The van der Waals surface area contributed by atoms with Gasteiger partial charge in [0.25, 0.3) is 0 Å². The zero-order chi connectivity index (χ0) is 15.4. The molecule has 0 unspecified atom stereocenters. The van der Waals surface area contributed by atoms with Crippen LogP contribution < -0.4 is 4.74 Å². The Kier molecular flexibility index (Phi) is 4.32. The van der Waals surface area contributed by atoms with Crippen LogP contribution >= 0.6 is 11.3 Å². The number of terminal acetylenes is 1. The van der Waals surface area contributed by atoms with E-state index < -0.39 is 0 Å². The van der Waals surface area contributed by atoms with E-state index in [-0.39, 0.29) is 6.61 Å². The average molecular weight is 314 g/mol. The van der Waals surface area contributed by atoms with Crippen molar-refractivity contribution < 1.29 is 9.47 Å². The predicted octanol–water partition coefficient (Wildman–Crippen LogP) is 2.05. The van der Waals surface area contributed by atoms with E-state index in [1.807, 2.05) is 24.3 Å². The smallest absolute Gasteiger partial charge is 0.234 e. The van der Waals surface area contributed by atoms with Crippen LogP contribution in [0.1, 0.15) is 5.82 Å². The summed E-state index contributed by atoms with van der Waals surface area (Å²) in [5, 5.41) is 13.7. The Morgan fingerprint density at radius 2 is 2.09 bits per heavy atom. The van der Waals surface area contributed by atoms with Crippen molar-refractivity contribution >= 4 is 16.3 Å². The maximum atomic E-state index is 5.36. The number of ether oxygens (including phenoxy) is 2. The molecule has 2 heterocycles. The van der Waals surface area contributed by atoms with Crippen LogP contribution in [0.15, 0.2) is 24.3 Å². The van der Waals surface area contributed by atoms with Crippen molar-refractivity contribution in [3.8, 4) is 28.7 Å². The van der Waals surface area contributed by atoms with Crippen LogP contribution in [0.3, 0.4) is 0 Å². The minimum absolute atomic E-state index is 0.263. The van der Waals surface area contributed by atoms with E-state index in [1.54, 1.807) is 11.6 Å². The number of hydrogen-bond donors (Lipinski definition) is 0. The zero-order valence-electron chi connectivity index (χ0n) is 12.0. The summed E-state index contributed by atoms with van der Waals surface area (Å²) in [6.07, 6.45) is 5.85. The van der Waals surface area contributed by atoms with Crippen molar-refractivity contribution in [2.75, 3.05) is 20.3 Å². The summed E-state index contributed by atoms with van der Waals surface area (Å²) in [5.74, 6) is 3.98. The normalized spacial score (nSPS) is 10.7. The molecule has 0 saturated carbocycles. The summed E-state index contributed by atoms with van der Waals surface area (Å²) in [6, 6.07) is 7.65. The third-order valence-corrected chi connectivity index (χ3v) is 3.96. The molecular formula is C15H14N4O2S. The molecule has 0 fully saturated rings. The number of methoxy groups -OCH3 is 1. The minimum atomic E-state index is 0.263. The first-order chi connectivity index (χ1) is 10.8. The van der Waals surface area contributed by atoms with E-state index in [9.17, 15) is 0 Å². The Labute approximate surface area is 131 Å². The lowest BCUT2D eigenvalue weighted by Crippen LogP contribution is -2.01. The Morgan fingerprint density at radius 3 is 2.82 bits per heavy atom. The van der Waals surface area contributed by atoms with Gasteiger partial charge in [-0.3, -0.25) is 0 Å². The van der Waals surface area contributed by atoms with E-state index in [0.717, 1.165) is 27.1 Å². The van der Waals surface area contributed by atoms with Gasteiger partial charge in [0.2, 0.25) is 4.96 Å². The highest BCUT2D eigenvalue weighted by Gasteiger charge is 2.12. The maximum absolute atomic E-state index is 5.36. The molecule has 0 saturated heterocycles. The first-order valence-electron chi connectivity index (χ1n) is 6.68. The Morgan fingerprint density at radius 1 is 1.27 bits per heavy atom. The van der Waals surface area contributed by atoms with Gasteiger partial charge in [0.05, 0.1) is 6.61 Å². The molecular weight excluding hydrogens is 300 g/mol. The molecule has 6 nitrogen and oxygen atoms in total. The largest absolute Gasteiger partial charge is 0.481 e. The van der Waals surface area contributed by atoms with Crippen molar-refractivity contribution in [1.82, 2.24) is 19.8 Å². The molecule has 0 bridgehead atoms. The molecule has 22 heavy (non-hydrogen) atoms. The molecule has 0 radical (unpaired) electrons. The molecule has 0 N–H and O–H groups in total. The van der Waals surface area contributed by atoms with Gasteiger partial charge in [-0.15, -0.1) is 16.6 Å². The monoisotopic (exact) mass is 314 g/mol. The topological polar surface area (TPSA) is 61.5 Å². The number of rotatable bonds is 6. The molecule has 0 spiro atoms. The second-order valence-corrected chi connectivity index (χ2v) is 5.43. The van der Waals surface area contributed by atoms with Gasteiger partial charge in [0.1, 0.15) is 17.4 Å². The SMILES string of the molecule is C#CCOc1ccc(-c2nn3c(CCOC)nnc3s2)cc1. The summed E-state index contributed by atoms with van der Waals surface area (Å²) in [4.78, 5) is 0.772.